The van der Waals surface area contributed by atoms with Crippen molar-refractivity contribution in [1.29, 1.82) is 0 Å². The Labute approximate surface area is 141 Å². The summed E-state index contributed by atoms with van der Waals surface area (Å²) in [7, 11) is 0. The lowest BCUT2D eigenvalue weighted by molar-refractivity contribution is -0.0641. The van der Waals surface area contributed by atoms with Crippen LogP contribution in [0.2, 0.25) is 0 Å². The number of nitrogens with one attached hydrogen (secondary N) is 2. The highest BCUT2D eigenvalue weighted by molar-refractivity contribution is 5.92. The zero-order valence-corrected chi connectivity index (χ0v) is 12.7. The number of hydrogen-bond acceptors (Lipinski definition) is 4. The van der Waals surface area contributed by atoms with Gasteiger partial charge in [-0.3, -0.25) is 4.98 Å². The minimum absolute atomic E-state index is 0.0184. The molecule has 0 saturated carbocycles. The van der Waals surface area contributed by atoms with Crippen LogP contribution in [0.4, 0.5) is 17.6 Å². The highest BCUT2D eigenvalue weighted by atomic mass is 19.3. The van der Waals surface area contributed by atoms with E-state index >= 15 is 0 Å². The molecule has 11 heteroatoms. The Balaban J connectivity index is 1.88. The van der Waals surface area contributed by atoms with Crippen molar-refractivity contribution in [3.63, 3.8) is 0 Å². The number of pyridine rings is 1. The molecular weight excluding hydrogens is 358 g/mol. The van der Waals surface area contributed by atoms with Crippen LogP contribution in [0, 0.1) is 0 Å². The number of ether oxygens (including phenoxy) is 1. The summed E-state index contributed by atoms with van der Waals surface area (Å²) in [6, 6.07) is 6.26. The van der Waals surface area contributed by atoms with Crippen LogP contribution in [0.3, 0.4) is 0 Å². The molecule has 2 N–H and O–H groups in total. The van der Waals surface area contributed by atoms with Gasteiger partial charge >= 0.3 is 18.9 Å². The molecule has 3 aromatic heterocycles. The minimum Gasteiger partial charge on any atom is -0.416 e. The topological polar surface area (TPSA) is 88.6 Å². The normalized spacial score (nSPS) is 11.9. The van der Waals surface area contributed by atoms with Crippen LogP contribution in [0.1, 0.15) is 6.55 Å². The molecule has 0 fully saturated rings. The smallest absolute Gasteiger partial charge is 0.388 e. The van der Waals surface area contributed by atoms with Crippen molar-refractivity contribution in [3.8, 4) is 17.0 Å². The van der Waals surface area contributed by atoms with Crippen LogP contribution in [-0.2, 0) is 0 Å². The van der Waals surface area contributed by atoms with Gasteiger partial charge in [0.15, 0.2) is 5.65 Å². The van der Waals surface area contributed by atoms with E-state index in [2.05, 4.69) is 24.8 Å². The fourth-order valence-electron chi connectivity index (χ4n) is 2.69. The second kappa shape index (κ2) is 5.86. The SMILES string of the molecule is O=c1[nH]c2cc3cc(-c4cnn(C(F)F)c4OC(F)F)ccc3nc2[nH]1. The summed E-state index contributed by atoms with van der Waals surface area (Å²) < 4.78 is 55.5. The first-order chi connectivity index (χ1) is 12.4. The minimum atomic E-state index is -3.28. The number of aromatic amines is 2. The molecule has 26 heavy (non-hydrogen) atoms. The fourth-order valence-corrected chi connectivity index (χ4v) is 2.69. The predicted molar refractivity (Wildman–Crippen MR) is 83.3 cm³/mol. The molecular formula is C15H9F4N5O2. The summed E-state index contributed by atoms with van der Waals surface area (Å²) in [6.07, 6.45) is 1.02. The molecule has 134 valence electrons. The van der Waals surface area contributed by atoms with E-state index in [1.54, 1.807) is 18.2 Å². The Kier molecular flexibility index (Phi) is 3.63. The maximum absolute atomic E-state index is 13.0. The number of alkyl halides is 4. The molecule has 0 amide bonds. The summed E-state index contributed by atoms with van der Waals surface area (Å²) in [5.74, 6) is -0.738. The number of rotatable bonds is 4. The van der Waals surface area contributed by atoms with Gasteiger partial charge in [0, 0.05) is 5.39 Å². The van der Waals surface area contributed by atoms with Gasteiger partial charge in [0.05, 0.1) is 22.8 Å². The number of imidazole rings is 1. The molecule has 4 aromatic rings. The molecule has 4 rings (SSSR count). The number of H-pyrrole nitrogens is 2. The Morgan fingerprint density at radius 1 is 1.12 bits per heavy atom. The van der Waals surface area contributed by atoms with Crippen molar-refractivity contribution in [2.45, 2.75) is 13.2 Å². The monoisotopic (exact) mass is 367 g/mol. The summed E-state index contributed by atoms with van der Waals surface area (Å²) in [4.78, 5) is 20.7. The molecule has 0 unspecified atom stereocenters. The van der Waals surface area contributed by atoms with E-state index in [0.29, 0.717) is 27.6 Å². The van der Waals surface area contributed by atoms with E-state index in [1.807, 2.05) is 0 Å². The van der Waals surface area contributed by atoms with Gasteiger partial charge in [-0.2, -0.15) is 27.3 Å². The lowest BCUT2D eigenvalue weighted by Gasteiger charge is -2.10. The number of hydrogen-bond donors (Lipinski definition) is 2. The second-order valence-electron chi connectivity index (χ2n) is 5.34. The van der Waals surface area contributed by atoms with E-state index in [-0.39, 0.29) is 10.2 Å². The van der Waals surface area contributed by atoms with Crippen LogP contribution in [0.15, 0.2) is 35.3 Å². The molecule has 7 nitrogen and oxygen atoms in total. The highest BCUT2D eigenvalue weighted by Crippen LogP contribution is 2.35. The molecule has 0 saturated heterocycles. The van der Waals surface area contributed by atoms with Gasteiger partial charge in [0.1, 0.15) is 0 Å². The van der Waals surface area contributed by atoms with E-state index in [0.717, 1.165) is 6.20 Å². The largest absolute Gasteiger partial charge is 0.416 e. The molecule has 0 spiro atoms. The van der Waals surface area contributed by atoms with Crippen molar-refractivity contribution in [3.05, 3.63) is 40.9 Å². The van der Waals surface area contributed by atoms with Gasteiger partial charge in [-0.15, -0.1) is 0 Å². The lowest BCUT2D eigenvalue weighted by atomic mass is 10.1. The average molecular weight is 367 g/mol. The second-order valence-corrected chi connectivity index (χ2v) is 5.34. The Morgan fingerprint density at radius 3 is 2.65 bits per heavy atom. The first-order valence-corrected chi connectivity index (χ1v) is 7.26. The number of aromatic nitrogens is 5. The third-order valence-electron chi connectivity index (χ3n) is 3.74. The first kappa shape index (κ1) is 16.1. The van der Waals surface area contributed by atoms with E-state index in [4.69, 9.17) is 0 Å². The van der Waals surface area contributed by atoms with Crippen LogP contribution < -0.4 is 10.4 Å². The van der Waals surface area contributed by atoms with Gasteiger partial charge in [0.25, 0.3) is 0 Å². The van der Waals surface area contributed by atoms with Crippen molar-refractivity contribution in [2.24, 2.45) is 0 Å². The third-order valence-corrected chi connectivity index (χ3v) is 3.74. The van der Waals surface area contributed by atoms with Crippen LogP contribution in [0.25, 0.3) is 33.2 Å². The van der Waals surface area contributed by atoms with Gasteiger partial charge in [0.2, 0.25) is 5.88 Å². The quantitative estimate of drug-likeness (QED) is 0.542. The maximum Gasteiger partial charge on any atom is 0.388 e. The first-order valence-electron chi connectivity index (χ1n) is 7.26. The number of fused-ring (bicyclic) bond motifs is 2. The number of benzene rings is 1. The molecule has 3 heterocycles. The molecule has 0 atom stereocenters. The van der Waals surface area contributed by atoms with Crippen LogP contribution >= 0.6 is 0 Å². The maximum atomic E-state index is 13.0. The standard InChI is InChI=1S/C15H9F4N5O2/c16-13(17)24-12(26-14(18)19)8(5-20-24)6-1-2-9-7(3-6)4-10-11(21-9)23-15(25)22-10/h1-5,13-14H,(H2,21,22,23,25). The number of halogens is 4. The third kappa shape index (κ3) is 2.66. The Morgan fingerprint density at radius 2 is 1.92 bits per heavy atom. The molecule has 0 aliphatic heterocycles. The molecule has 0 radical (unpaired) electrons. The van der Waals surface area contributed by atoms with Gasteiger partial charge < -0.3 is 9.72 Å². The zero-order valence-electron chi connectivity index (χ0n) is 12.7. The van der Waals surface area contributed by atoms with Gasteiger partial charge in [-0.25, -0.2) is 9.78 Å². The van der Waals surface area contributed by atoms with Crippen molar-refractivity contribution < 1.29 is 22.3 Å². The predicted octanol–water partition coefficient (Wildman–Crippen LogP) is 3.26. The summed E-state index contributed by atoms with van der Waals surface area (Å²) in [6.45, 7) is -6.42. The fraction of sp³-hybridized carbons (Fsp3) is 0.133. The number of nitrogens with zero attached hydrogens (tertiary/aromatic N) is 3. The highest BCUT2D eigenvalue weighted by Gasteiger charge is 2.23. The van der Waals surface area contributed by atoms with Crippen molar-refractivity contribution >= 4 is 22.1 Å². The summed E-state index contributed by atoms with van der Waals surface area (Å²) in [5, 5.41) is 3.99. The molecule has 1 aromatic carbocycles. The summed E-state index contributed by atoms with van der Waals surface area (Å²) >= 11 is 0. The Hall–Kier alpha value is -3.37. The van der Waals surface area contributed by atoms with Crippen LogP contribution in [-0.4, -0.2) is 31.3 Å². The summed E-state index contributed by atoms with van der Waals surface area (Å²) in [5.41, 5.74) is 1.23. The van der Waals surface area contributed by atoms with E-state index in [9.17, 15) is 22.4 Å². The van der Waals surface area contributed by atoms with Crippen molar-refractivity contribution in [1.82, 2.24) is 24.7 Å². The lowest BCUT2D eigenvalue weighted by Crippen LogP contribution is -2.10. The van der Waals surface area contributed by atoms with E-state index in [1.165, 1.54) is 6.07 Å². The molecule has 0 bridgehead atoms. The zero-order chi connectivity index (χ0) is 18.4. The van der Waals surface area contributed by atoms with Crippen molar-refractivity contribution in [2.75, 3.05) is 0 Å². The molecule has 0 aliphatic rings. The average Bonchev–Trinajstić information content (AvgIpc) is 3.13. The van der Waals surface area contributed by atoms with E-state index < -0.39 is 24.7 Å². The van der Waals surface area contributed by atoms with Gasteiger partial charge in [-0.1, -0.05) is 6.07 Å². The Bertz CT molecular complexity index is 1160. The van der Waals surface area contributed by atoms with Crippen LogP contribution in [0.5, 0.6) is 5.88 Å². The van der Waals surface area contributed by atoms with Gasteiger partial charge in [-0.05, 0) is 23.8 Å². The molecule has 0 aliphatic carbocycles.